The zero-order valence-corrected chi connectivity index (χ0v) is 15.3. The second kappa shape index (κ2) is 7.67. The molecule has 1 aliphatic rings. The number of nitrogens with zero attached hydrogens (tertiary/aromatic N) is 3. The van der Waals surface area contributed by atoms with Crippen LogP contribution < -0.4 is 4.90 Å². The zero-order valence-electron chi connectivity index (χ0n) is 14.5. The largest absolute Gasteiger partial charge is 0.451 e. The third kappa shape index (κ3) is 4.56. The normalized spacial score (nSPS) is 17.4. The Kier molecular flexibility index (Phi) is 5.31. The van der Waals surface area contributed by atoms with Crippen LogP contribution in [0.4, 0.5) is 5.69 Å². The molecule has 0 unspecified atom stereocenters. The maximum atomic E-state index is 12.7. The average Bonchev–Trinajstić information content (AvgIpc) is 3.00. The minimum Gasteiger partial charge on any atom is -0.451 e. The predicted molar refractivity (Wildman–Crippen MR) is 97.7 cm³/mol. The summed E-state index contributed by atoms with van der Waals surface area (Å²) in [5.41, 5.74) is 1.15. The van der Waals surface area contributed by atoms with Gasteiger partial charge in [0, 0.05) is 17.3 Å². The van der Waals surface area contributed by atoms with Crippen LogP contribution in [0.1, 0.15) is 16.2 Å². The molecule has 1 amide bonds. The van der Waals surface area contributed by atoms with Crippen molar-refractivity contribution >= 4 is 27.4 Å². The van der Waals surface area contributed by atoms with Gasteiger partial charge in [0.05, 0.1) is 23.7 Å². The fourth-order valence-electron chi connectivity index (χ4n) is 2.60. The molecule has 140 valence electrons. The molecule has 1 aromatic carbocycles. The number of para-hydroxylation sites is 1. The first-order valence-electron chi connectivity index (χ1n) is 8.09. The number of carbonyl (C=O) groups is 2. The van der Waals surface area contributed by atoms with Crippen LogP contribution in [0.25, 0.3) is 0 Å². The quantitative estimate of drug-likeness (QED) is 0.712. The maximum Gasteiger partial charge on any atom is 0.359 e. The van der Waals surface area contributed by atoms with Crippen LogP contribution in [-0.4, -0.2) is 48.7 Å². The standard InChI is InChI=1S/C18H17N3O5S/c1-13-9-20-16(10-19-13)18(23)26-11-17(22)21(14-5-3-2-4-6-14)15-7-8-27(24,25)12-15/h2-10,15H,11-12H2,1H3/t15-/m1/s1. The number of benzene rings is 1. The molecule has 1 aliphatic heterocycles. The van der Waals surface area contributed by atoms with E-state index in [9.17, 15) is 18.0 Å². The number of amides is 1. The van der Waals surface area contributed by atoms with Crippen molar-refractivity contribution in [2.45, 2.75) is 13.0 Å². The molecule has 1 aromatic heterocycles. The summed E-state index contributed by atoms with van der Waals surface area (Å²) in [4.78, 5) is 33.9. The van der Waals surface area contributed by atoms with Crippen LogP contribution in [0.2, 0.25) is 0 Å². The number of esters is 1. The lowest BCUT2D eigenvalue weighted by Gasteiger charge is -2.27. The predicted octanol–water partition coefficient (Wildman–Crippen LogP) is 1.29. The highest BCUT2D eigenvalue weighted by Gasteiger charge is 2.31. The van der Waals surface area contributed by atoms with Crippen molar-refractivity contribution in [1.82, 2.24) is 9.97 Å². The molecule has 0 bridgehead atoms. The second-order valence-electron chi connectivity index (χ2n) is 5.94. The van der Waals surface area contributed by atoms with Crippen LogP contribution in [0.5, 0.6) is 0 Å². The third-order valence-corrected chi connectivity index (χ3v) is 5.24. The number of rotatable bonds is 5. The van der Waals surface area contributed by atoms with E-state index in [1.165, 1.54) is 23.4 Å². The molecule has 1 atom stereocenters. The highest BCUT2D eigenvalue weighted by Crippen LogP contribution is 2.22. The Morgan fingerprint density at radius 3 is 2.52 bits per heavy atom. The Bertz CT molecular complexity index is 972. The SMILES string of the molecule is Cc1cnc(C(=O)OCC(=O)N(c2ccccc2)[C@@H]2C=CS(=O)(=O)C2)cn1. The molecular formula is C18H17N3O5S. The van der Waals surface area contributed by atoms with Gasteiger partial charge >= 0.3 is 5.97 Å². The van der Waals surface area contributed by atoms with E-state index in [2.05, 4.69) is 9.97 Å². The van der Waals surface area contributed by atoms with Crippen molar-refractivity contribution in [1.29, 1.82) is 0 Å². The molecule has 0 spiro atoms. The summed E-state index contributed by atoms with van der Waals surface area (Å²) < 4.78 is 28.5. The first-order chi connectivity index (χ1) is 12.9. The van der Waals surface area contributed by atoms with Gasteiger partial charge in [-0.1, -0.05) is 18.2 Å². The maximum absolute atomic E-state index is 12.7. The van der Waals surface area contributed by atoms with Gasteiger partial charge in [-0.05, 0) is 25.1 Å². The molecule has 9 heteroatoms. The molecule has 0 N–H and O–H groups in total. The molecule has 27 heavy (non-hydrogen) atoms. The van der Waals surface area contributed by atoms with Crippen LogP contribution >= 0.6 is 0 Å². The number of anilines is 1. The van der Waals surface area contributed by atoms with Crippen molar-refractivity contribution in [3.05, 3.63) is 65.6 Å². The zero-order chi connectivity index (χ0) is 19.4. The van der Waals surface area contributed by atoms with Crippen molar-refractivity contribution in [2.75, 3.05) is 17.3 Å². The van der Waals surface area contributed by atoms with Crippen molar-refractivity contribution in [3.8, 4) is 0 Å². The summed E-state index contributed by atoms with van der Waals surface area (Å²) in [5, 5.41) is 1.09. The molecule has 0 radical (unpaired) electrons. The Balaban J connectivity index is 1.74. The van der Waals surface area contributed by atoms with E-state index in [4.69, 9.17) is 4.74 Å². The van der Waals surface area contributed by atoms with Crippen molar-refractivity contribution in [2.24, 2.45) is 0 Å². The number of carbonyl (C=O) groups excluding carboxylic acids is 2. The van der Waals surface area contributed by atoms with Crippen LogP contribution in [0, 0.1) is 6.92 Å². The Labute approximate surface area is 156 Å². The summed E-state index contributed by atoms with van der Waals surface area (Å²) in [7, 11) is -3.36. The summed E-state index contributed by atoms with van der Waals surface area (Å²) in [5.74, 6) is -1.54. The van der Waals surface area contributed by atoms with E-state index in [1.54, 1.807) is 37.3 Å². The fraction of sp³-hybridized carbons (Fsp3) is 0.222. The van der Waals surface area contributed by atoms with Crippen molar-refractivity contribution in [3.63, 3.8) is 0 Å². The van der Waals surface area contributed by atoms with E-state index < -0.39 is 34.4 Å². The third-order valence-electron chi connectivity index (χ3n) is 3.86. The van der Waals surface area contributed by atoms with Gasteiger partial charge in [0.25, 0.3) is 5.91 Å². The summed E-state index contributed by atoms with van der Waals surface area (Å²) in [6, 6.07) is 7.95. The lowest BCUT2D eigenvalue weighted by atomic mass is 10.2. The molecule has 0 aliphatic carbocycles. The van der Waals surface area contributed by atoms with E-state index in [0.717, 1.165) is 5.41 Å². The lowest BCUT2D eigenvalue weighted by Crippen LogP contribution is -2.43. The van der Waals surface area contributed by atoms with E-state index in [-0.39, 0.29) is 11.4 Å². The van der Waals surface area contributed by atoms with Gasteiger partial charge in [-0.2, -0.15) is 0 Å². The van der Waals surface area contributed by atoms with E-state index in [0.29, 0.717) is 11.4 Å². The summed E-state index contributed by atoms with van der Waals surface area (Å²) >= 11 is 0. The second-order valence-corrected chi connectivity index (χ2v) is 7.88. The van der Waals surface area contributed by atoms with Gasteiger partial charge in [-0.25, -0.2) is 18.2 Å². The van der Waals surface area contributed by atoms with Gasteiger partial charge in [-0.3, -0.25) is 9.78 Å². The molecule has 2 aromatic rings. The number of hydrogen-bond donors (Lipinski definition) is 0. The number of hydrogen-bond acceptors (Lipinski definition) is 7. The Hall–Kier alpha value is -3.07. The molecule has 2 heterocycles. The van der Waals surface area contributed by atoms with Gasteiger partial charge in [0.2, 0.25) is 0 Å². The van der Waals surface area contributed by atoms with Gasteiger partial charge < -0.3 is 9.64 Å². The van der Waals surface area contributed by atoms with Gasteiger partial charge in [0.15, 0.2) is 22.1 Å². The minimum atomic E-state index is -3.36. The number of aryl methyl sites for hydroxylation is 1. The molecule has 0 saturated heterocycles. The highest BCUT2D eigenvalue weighted by atomic mass is 32.2. The topological polar surface area (TPSA) is 107 Å². The average molecular weight is 387 g/mol. The van der Waals surface area contributed by atoms with Crippen LogP contribution in [-0.2, 0) is 19.4 Å². The van der Waals surface area contributed by atoms with Crippen LogP contribution in [0.3, 0.4) is 0 Å². The van der Waals surface area contributed by atoms with Crippen LogP contribution in [0.15, 0.2) is 54.2 Å². The number of aromatic nitrogens is 2. The van der Waals surface area contributed by atoms with Gasteiger partial charge in [0.1, 0.15) is 0 Å². The molecule has 8 nitrogen and oxygen atoms in total. The van der Waals surface area contributed by atoms with Gasteiger partial charge in [-0.15, -0.1) is 0 Å². The Morgan fingerprint density at radius 2 is 1.93 bits per heavy atom. The molecule has 0 fully saturated rings. The lowest BCUT2D eigenvalue weighted by molar-refractivity contribution is -0.121. The van der Waals surface area contributed by atoms with E-state index in [1.807, 2.05) is 0 Å². The fourth-order valence-corrected chi connectivity index (χ4v) is 3.87. The summed E-state index contributed by atoms with van der Waals surface area (Å²) in [6.07, 6.45) is 4.14. The minimum absolute atomic E-state index is 0.0111. The number of ether oxygens (including phenoxy) is 1. The summed E-state index contributed by atoms with van der Waals surface area (Å²) in [6.45, 7) is 1.18. The first-order valence-corrected chi connectivity index (χ1v) is 9.81. The molecular weight excluding hydrogens is 370 g/mol. The first kappa shape index (κ1) is 18.7. The van der Waals surface area contributed by atoms with Crippen molar-refractivity contribution < 1.29 is 22.7 Å². The Morgan fingerprint density at radius 1 is 1.19 bits per heavy atom. The number of sulfone groups is 1. The molecule has 0 saturated carbocycles. The smallest absolute Gasteiger partial charge is 0.359 e. The monoisotopic (exact) mass is 387 g/mol. The molecule has 3 rings (SSSR count). The highest BCUT2D eigenvalue weighted by molar-refractivity contribution is 7.94. The van der Waals surface area contributed by atoms with E-state index >= 15 is 0 Å².